The number of nitrogens with zero attached hydrogens (tertiary/aromatic N) is 4. The van der Waals surface area contributed by atoms with E-state index in [1.165, 1.54) is 17.9 Å². The molecule has 1 aromatic carbocycles. The van der Waals surface area contributed by atoms with Crippen LogP contribution in [0.25, 0.3) is 0 Å². The molecule has 10 heteroatoms. The molecule has 0 radical (unpaired) electrons. The van der Waals surface area contributed by atoms with E-state index in [1.54, 1.807) is 6.92 Å². The van der Waals surface area contributed by atoms with E-state index in [2.05, 4.69) is 4.98 Å². The highest BCUT2D eigenvalue weighted by Gasteiger charge is 2.31. The van der Waals surface area contributed by atoms with E-state index in [9.17, 15) is 24.1 Å². The molecule has 1 amide bonds. The van der Waals surface area contributed by atoms with Crippen LogP contribution in [0.1, 0.15) is 34.6 Å². The Labute approximate surface area is 158 Å². The molecule has 2 aromatic rings. The number of fused-ring (bicyclic) bond motifs is 1. The van der Waals surface area contributed by atoms with Gasteiger partial charge in [-0.15, -0.1) is 4.57 Å². The maximum Gasteiger partial charge on any atom is 0.350 e. The Morgan fingerprint density at radius 3 is 2.67 bits per heavy atom. The van der Waals surface area contributed by atoms with Crippen molar-refractivity contribution in [2.45, 2.75) is 33.1 Å². The lowest BCUT2D eigenvalue weighted by Gasteiger charge is -2.19. The van der Waals surface area contributed by atoms with Crippen molar-refractivity contribution in [3.63, 3.8) is 0 Å². The SMILES string of the molecule is Cc1c(F)cc(Cl)c2c1CCN2C(=O)CCC(=O)n1c([N+](=O)[O-])cnc1C. The van der Waals surface area contributed by atoms with Crippen molar-refractivity contribution in [1.82, 2.24) is 9.55 Å². The number of benzene rings is 1. The Bertz CT molecular complexity index is 972. The first-order valence-electron chi connectivity index (χ1n) is 8.22. The molecule has 0 atom stereocenters. The van der Waals surface area contributed by atoms with Gasteiger partial charge in [0.25, 0.3) is 0 Å². The smallest absolute Gasteiger partial charge is 0.350 e. The summed E-state index contributed by atoms with van der Waals surface area (Å²) in [4.78, 5) is 40.5. The number of aromatic nitrogens is 2. The lowest BCUT2D eigenvalue weighted by atomic mass is 10.1. The molecule has 27 heavy (non-hydrogen) atoms. The van der Waals surface area contributed by atoms with Crippen LogP contribution in [0.4, 0.5) is 15.9 Å². The minimum Gasteiger partial charge on any atom is -0.358 e. The standard InChI is InChI=1S/C17H16ClFN4O4/c1-9-11-5-6-21(17(11)12(18)7-13(9)19)15(24)3-4-16(25)22-10(2)20-8-14(22)23(26)27/h7-8H,3-6H2,1-2H3. The van der Waals surface area contributed by atoms with Gasteiger partial charge in [-0.2, -0.15) is 0 Å². The van der Waals surface area contributed by atoms with Crippen molar-refractivity contribution in [2.75, 3.05) is 11.4 Å². The Morgan fingerprint density at radius 1 is 1.33 bits per heavy atom. The van der Waals surface area contributed by atoms with Crippen molar-refractivity contribution in [3.05, 3.63) is 50.2 Å². The first kappa shape index (κ1) is 19.0. The number of imidazole rings is 1. The largest absolute Gasteiger partial charge is 0.358 e. The number of anilines is 1. The van der Waals surface area contributed by atoms with Crippen molar-refractivity contribution in [3.8, 4) is 0 Å². The molecule has 3 rings (SSSR count). The van der Waals surface area contributed by atoms with Crippen molar-refractivity contribution in [2.24, 2.45) is 0 Å². The first-order valence-corrected chi connectivity index (χ1v) is 8.60. The van der Waals surface area contributed by atoms with Crippen LogP contribution in [0.5, 0.6) is 0 Å². The van der Waals surface area contributed by atoms with E-state index >= 15 is 0 Å². The third-order valence-electron chi connectivity index (χ3n) is 4.64. The number of rotatable bonds is 4. The number of amides is 1. The molecule has 0 spiro atoms. The molecule has 0 bridgehead atoms. The van der Waals surface area contributed by atoms with Crippen molar-refractivity contribution < 1.29 is 18.9 Å². The van der Waals surface area contributed by atoms with Crippen LogP contribution in [0, 0.1) is 29.8 Å². The van der Waals surface area contributed by atoms with E-state index in [4.69, 9.17) is 11.6 Å². The summed E-state index contributed by atoms with van der Waals surface area (Å²) in [5.41, 5.74) is 1.60. The predicted octanol–water partition coefficient (Wildman–Crippen LogP) is 3.21. The average Bonchev–Trinajstić information content (AvgIpc) is 3.21. The summed E-state index contributed by atoms with van der Waals surface area (Å²) in [6.45, 7) is 3.44. The van der Waals surface area contributed by atoms with Gasteiger partial charge in [-0.05, 0) is 35.5 Å². The second-order valence-electron chi connectivity index (χ2n) is 6.24. The molecule has 1 aliphatic rings. The number of carbonyl (C=O) groups excluding carboxylic acids is 2. The highest BCUT2D eigenvalue weighted by Crippen LogP contribution is 2.39. The third kappa shape index (κ3) is 3.30. The summed E-state index contributed by atoms with van der Waals surface area (Å²) in [5.74, 6) is -1.63. The highest BCUT2D eigenvalue weighted by molar-refractivity contribution is 6.34. The summed E-state index contributed by atoms with van der Waals surface area (Å²) in [5, 5.41) is 11.1. The van der Waals surface area contributed by atoms with Crippen LogP contribution < -0.4 is 4.90 Å². The van der Waals surface area contributed by atoms with Gasteiger partial charge in [0.2, 0.25) is 11.7 Å². The third-order valence-corrected chi connectivity index (χ3v) is 4.93. The monoisotopic (exact) mass is 394 g/mol. The Balaban J connectivity index is 1.76. The van der Waals surface area contributed by atoms with Gasteiger partial charge in [-0.1, -0.05) is 11.6 Å². The maximum absolute atomic E-state index is 13.8. The number of carbonyl (C=O) groups is 2. The average molecular weight is 395 g/mol. The summed E-state index contributed by atoms with van der Waals surface area (Å²) in [6, 6.07) is 1.17. The molecule has 0 saturated heterocycles. The van der Waals surface area contributed by atoms with Gasteiger partial charge in [0.05, 0.1) is 17.1 Å². The highest BCUT2D eigenvalue weighted by atomic mass is 35.5. The predicted molar refractivity (Wildman–Crippen MR) is 95.7 cm³/mol. The Hall–Kier alpha value is -2.81. The minimum absolute atomic E-state index is 0.145. The number of aryl methyl sites for hydroxylation is 1. The van der Waals surface area contributed by atoms with Crippen LogP contribution in [-0.2, 0) is 11.2 Å². The van der Waals surface area contributed by atoms with Gasteiger partial charge in [0, 0.05) is 19.9 Å². The molecular formula is C17H16ClFN4O4. The molecule has 0 saturated carbocycles. The van der Waals surface area contributed by atoms with Crippen molar-refractivity contribution in [1.29, 1.82) is 0 Å². The van der Waals surface area contributed by atoms with Gasteiger partial charge < -0.3 is 15.0 Å². The van der Waals surface area contributed by atoms with Gasteiger partial charge in [-0.25, -0.2) is 14.2 Å². The summed E-state index contributed by atoms with van der Waals surface area (Å²) >= 11 is 6.12. The normalized spacial score (nSPS) is 13.0. The van der Waals surface area contributed by atoms with E-state index < -0.39 is 22.5 Å². The number of hydrogen-bond donors (Lipinski definition) is 0. The first-order chi connectivity index (χ1) is 12.7. The zero-order valence-corrected chi connectivity index (χ0v) is 15.4. The summed E-state index contributed by atoms with van der Waals surface area (Å²) in [7, 11) is 0. The van der Waals surface area contributed by atoms with Crippen molar-refractivity contribution >= 4 is 34.9 Å². The maximum atomic E-state index is 13.8. The van der Waals surface area contributed by atoms with Crippen LogP contribution in [0.3, 0.4) is 0 Å². The van der Waals surface area contributed by atoms with Crippen LogP contribution in [0.15, 0.2) is 12.3 Å². The minimum atomic E-state index is -0.701. The summed E-state index contributed by atoms with van der Waals surface area (Å²) in [6.07, 6.45) is 1.10. The molecule has 1 aliphatic heterocycles. The molecule has 1 aromatic heterocycles. The second-order valence-corrected chi connectivity index (χ2v) is 6.64. The van der Waals surface area contributed by atoms with Crippen LogP contribution >= 0.6 is 11.6 Å². The number of nitro groups is 1. The zero-order chi connectivity index (χ0) is 19.9. The number of hydrogen-bond acceptors (Lipinski definition) is 5. The molecular weight excluding hydrogens is 379 g/mol. The molecule has 0 aliphatic carbocycles. The van der Waals surface area contributed by atoms with Gasteiger partial charge >= 0.3 is 11.7 Å². The van der Waals surface area contributed by atoms with Crippen LogP contribution in [0.2, 0.25) is 5.02 Å². The topological polar surface area (TPSA) is 98.3 Å². The quantitative estimate of drug-likeness (QED) is 0.585. The van der Waals surface area contributed by atoms with E-state index in [0.29, 0.717) is 29.8 Å². The van der Waals surface area contributed by atoms with E-state index in [1.807, 2.05) is 0 Å². The fraction of sp³-hybridized carbons (Fsp3) is 0.353. The fourth-order valence-corrected chi connectivity index (χ4v) is 3.58. The lowest BCUT2D eigenvalue weighted by molar-refractivity contribution is -0.390. The molecule has 0 N–H and O–H groups in total. The van der Waals surface area contributed by atoms with E-state index in [-0.39, 0.29) is 29.6 Å². The molecule has 142 valence electrons. The van der Waals surface area contributed by atoms with Gasteiger partial charge in [-0.3, -0.25) is 4.79 Å². The number of halogens is 2. The fourth-order valence-electron chi connectivity index (χ4n) is 3.27. The summed E-state index contributed by atoms with van der Waals surface area (Å²) < 4.78 is 14.7. The molecule has 2 heterocycles. The Morgan fingerprint density at radius 2 is 2.00 bits per heavy atom. The van der Waals surface area contributed by atoms with Crippen LogP contribution in [-0.4, -0.2) is 32.8 Å². The lowest BCUT2D eigenvalue weighted by Crippen LogP contribution is -2.30. The van der Waals surface area contributed by atoms with E-state index in [0.717, 1.165) is 10.8 Å². The second kappa shape index (κ2) is 7.07. The molecule has 8 nitrogen and oxygen atoms in total. The molecule has 0 unspecified atom stereocenters. The zero-order valence-electron chi connectivity index (χ0n) is 14.7. The molecule has 0 fully saturated rings. The van der Waals surface area contributed by atoms with Gasteiger partial charge in [0.15, 0.2) is 0 Å². The Kier molecular flexibility index (Phi) is 4.97. The van der Waals surface area contributed by atoms with Gasteiger partial charge in [0.1, 0.15) is 12.0 Å².